The van der Waals surface area contributed by atoms with Gasteiger partial charge >= 0.3 is 5.97 Å². The van der Waals surface area contributed by atoms with Crippen molar-refractivity contribution < 1.29 is 14.3 Å². The number of benzene rings is 1. The monoisotopic (exact) mass is 265 g/mol. The maximum absolute atomic E-state index is 11.1. The van der Waals surface area contributed by atoms with Gasteiger partial charge in [0.2, 0.25) is 5.91 Å². The molecule has 1 aromatic rings. The van der Waals surface area contributed by atoms with Gasteiger partial charge in [0.15, 0.2) is 0 Å². The number of primary amides is 1. The number of carbonyl (C=O) groups is 2. The van der Waals surface area contributed by atoms with Crippen molar-refractivity contribution in [1.82, 2.24) is 4.90 Å². The van der Waals surface area contributed by atoms with Crippen LogP contribution >= 0.6 is 0 Å². The number of amides is 1. The lowest BCUT2D eigenvalue weighted by atomic mass is 10.2. The number of anilines is 1. The zero-order valence-electron chi connectivity index (χ0n) is 11.0. The molecule has 0 radical (unpaired) electrons. The summed E-state index contributed by atoms with van der Waals surface area (Å²) in [4.78, 5) is 23.9. The summed E-state index contributed by atoms with van der Waals surface area (Å²) in [6.45, 7) is 1.00. The molecule has 4 N–H and O–H groups in total. The van der Waals surface area contributed by atoms with E-state index in [9.17, 15) is 9.59 Å². The van der Waals surface area contributed by atoms with E-state index >= 15 is 0 Å². The fourth-order valence-electron chi connectivity index (χ4n) is 1.74. The first-order valence-electron chi connectivity index (χ1n) is 5.93. The molecule has 6 nitrogen and oxygen atoms in total. The summed E-state index contributed by atoms with van der Waals surface area (Å²) in [5, 5.41) is 0. The molecule has 0 aliphatic carbocycles. The van der Waals surface area contributed by atoms with Gasteiger partial charge in [0.1, 0.15) is 0 Å². The van der Waals surface area contributed by atoms with E-state index in [0.717, 1.165) is 5.56 Å². The van der Waals surface area contributed by atoms with Crippen LogP contribution in [0.15, 0.2) is 24.3 Å². The molecular formula is C13H19N3O3. The molecule has 0 aliphatic rings. The first-order valence-corrected chi connectivity index (χ1v) is 5.93. The van der Waals surface area contributed by atoms with E-state index < -0.39 is 5.91 Å². The van der Waals surface area contributed by atoms with Crippen molar-refractivity contribution in [2.75, 3.05) is 25.9 Å². The minimum atomic E-state index is -0.436. The van der Waals surface area contributed by atoms with Gasteiger partial charge in [-0.1, -0.05) is 12.1 Å². The van der Waals surface area contributed by atoms with Gasteiger partial charge < -0.3 is 16.2 Å². The quantitative estimate of drug-likeness (QED) is 0.539. The molecule has 0 heterocycles. The third-order valence-electron chi connectivity index (χ3n) is 2.60. The molecule has 19 heavy (non-hydrogen) atoms. The Morgan fingerprint density at radius 3 is 2.68 bits per heavy atom. The van der Waals surface area contributed by atoms with Crippen LogP contribution in [-0.4, -0.2) is 37.0 Å². The number of hydrogen-bond acceptors (Lipinski definition) is 5. The Morgan fingerprint density at radius 1 is 1.37 bits per heavy atom. The smallest absolute Gasteiger partial charge is 0.306 e. The first kappa shape index (κ1) is 15.0. The second-order valence-electron chi connectivity index (χ2n) is 4.25. The fourth-order valence-corrected chi connectivity index (χ4v) is 1.74. The van der Waals surface area contributed by atoms with Crippen LogP contribution in [0.3, 0.4) is 0 Å². The van der Waals surface area contributed by atoms with E-state index in [0.29, 0.717) is 18.8 Å². The van der Waals surface area contributed by atoms with Crippen LogP contribution in [0.2, 0.25) is 0 Å². The molecule has 1 rings (SSSR count). The van der Waals surface area contributed by atoms with E-state index in [1.165, 1.54) is 7.11 Å². The Labute approximate surface area is 112 Å². The Morgan fingerprint density at radius 2 is 2.11 bits per heavy atom. The van der Waals surface area contributed by atoms with Crippen LogP contribution in [0.1, 0.15) is 12.0 Å². The molecule has 104 valence electrons. The average Bonchev–Trinajstić information content (AvgIpc) is 2.35. The minimum absolute atomic E-state index is 0.0891. The maximum Gasteiger partial charge on any atom is 0.306 e. The van der Waals surface area contributed by atoms with E-state index in [2.05, 4.69) is 4.74 Å². The molecule has 0 unspecified atom stereocenters. The van der Waals surface area contributed by atoms with Crippen LogP contribution in [0.4, 0.5) is 5.69 Å². The van der Waals surface area contributed by atoms with Crippen molar-refractivity contribution in [3.8, 4) is 0 Å². The van der Waals surface area contributed by atoms with Gasteiger partial charge in [-0.15, -0.1) is 0 Å². The predicted octanol–water partition coefficient (Wildman–Crippen LogP) is 0.119. The average molecular weight is 265 g/mol. The molecular weight excluding hydrogens is 246 g/mol. The lowest BCUT2D eigenvalue weighted by molar-refractivity contribution is -0.141. The van der Waals surface area contributed by atoms with E-state index in [1.54, 1.807) is 11.0 Å². The lowest BCUT2D eigenvalue weighted by Crippen LogP contribution is -2.35. The number of nitrogens with two attached hydrogens (primary N) is 2. The third kappa shape index (κ3) is 5.87. The van der Waals surface area contributed by atoms with Gasteiger partial charge in [-0.05, 0) is 17.7 Å². The van der Waals surface area contributed by atoms with Crippen LogP contribution in [0, 0.1) is 0 Å². The van der Waals surface area contributed by atoms with Gasteiger partial charge in [0.05, 0.1) is 20.1 Å². The molecule has 1 amide bonds. The largest absolute Gasteiger partial charge is 0.469 e. The normalized spacial score (nSPS) is 10.4. The zero-order chi connectivity index (χ0) is 14.3. The molecule has 0 fully saturated rings. The Bertz CT molecular complexity index is 449. The van der Waals surface area contributed by atoms with Crippen LogP contribution in [-0.2, 0) is 20.9 Å². The SMILES string of the molecule is COC(=O)CCN(CC(N)=O)Cc1cccc(N)c1. The number of methoxy groups -OCH3 is 1. The van der Waals surface area contributed by atoms with Crippen molar-refractivity contribution in [2.45, 2.75) is 13.0 Å². The Kier molecular flexibility index (Phi) is 5.81. The summed E-state index contributed by atoms with van der Waals surface area (Å²) in [6.07, 6.45) is 0.214. The summed E-state index contributed by atoms with van der Waals surface area (Å²) < 4.78 is 4.57. The maximum atomic E-state index is 11.1. The molecule has 0 saturated carbocycles. The highest BCUT2D eigenvalue weighted by Crippen LogP contribution is 2.10. The highest BCUT2D eigenvalue weighted by atomic mass is 16.5. The Balaban J connectivity index is 2.63. The number of hydrogen-bond donors (Lipinski definition) is 2. The van der Waals surface area contributed by atoms with E-state index in [4.69, 9.17) is 11.5 Å². The standard InChI is InChI=1S/C13H19N3O3/c1-19-13(18)5-6-16(9-12(15)17)8-10-3-2-4-11(14)7-10/h2-4,7H,5-6,8-9,14H2,1H3,(H2,15,17). The summed E-state index contributed by atoms with van der Waals surface area (Å²) in [5.74, 6) is -0.754. The zero-order valence-corrected chi connectivity index (χ0v) is 11.0. The molecule has 1 aromatic carbocycles. The van der Waals surface area contributed by atoms with Crippen LogP contribution in [0.5, 0.6) is 0 Å². The number of nitrogens with zero attached hydrogens (tertiary/aromatic N) is 1. The number of esters is 1. The number of ether oxygens (including phenoxy) is 1. The molecule has 0 aromatic heterocycles. The summed E-state index contributed by atoms with van der Waals surface area (Å²) >= 11 is 0. The number of rotatable bonds is 7. The van der Waals surface area contributed by atoms with Crippen molar-refractivity contribution >= 4 is 17.6 Å². The molecule has 0 spiro atoms. The molecule has 0 bridgehead atoms. The lowest BCUT2D eigenvalue weighted by Gasteiger charge is -2.20. The number of nitrogen functional groups attached to an aromatic ring is 1. The van der Waals surface area contributed by atoms with Crippen molar-refractivity contribution in [3.05, 3.63) is 29.8 Å². The van der Waals surface area contributed by atoms with Crippen molar-refractivity contribution in [3.63, 3.8) is 0 Å². The van der Waals surface area contributed by atoms with E-state index in [1.807, 2.05) is 18.2 Å². The third-order valence-corrected chi connectivity index (χ3v) is 2.60. The molecule has 6 heteroatoms. The molecule has 0 saturated heterocycles. The Hall–Kier alpha value is -2.08. The van der Waals surface area contributed by atoms with Crippen LogP contribution in [0.25, 0.3) is 0 Å². The van der Waals surface area contributed by atoms with Gasteiger partial charge in [0, 0.05) is 18.8 Å². The highest BCUT2D eigenvalue weighted by Gasteiger charge is 2.11. The summed E-state index contributed by atoms with van der Waals surface area (Å²) in [6, 6.07) is 7.36. The molecule has 0 aliphatic heterocycles. The number of carbonyl (C=O) groups excluding carboxylic acids is 2. The highest BCUT2D eigenvalue weighted by molar-refractivity contribution is 5.76. The first-order chi connectivity index (χ1) is 9.01. The van der Waals surface area contributed by atoms with Crippen molar-refractivity contribution in [2.24, 2.45) is 5.73 Å². The topological polar surface area (TPSA) is 98.6 Å². The molecule has 0 atom stereocenters. The minimum Gasteiger partial charge on any atom is -0.469 e. The second-order valence-corrected chi connectivity index (χ2v) is 4.25. The van der Waals surface area contributed by atoms with Gasteiger partial charge in [-0.25, -0.2) is 0 Å². The van der Waals surface area contributed by atoms with Crippen molar-refractivity contribution in [1.29, 1.82) is 0 Å². The van der Waals surface area contributed by atoms with Gasteiger partial charge in [-0.3, -0.25) is 14.5 Å². The van der Waals surface area contributed by atoms with Gasteiger partial charge in [0.25, 0.3) is 0 Å². The fraction of sp³-hybridized carbons (Fsp3) is 0.385. The van der Waals surface area contributed by atoms with Gasteiger partial charge in [-0.2, -0.15) is 0 Å². The summed E-state index contributed by atoms with van der Waals surface area (Å²) in [5.41, 5.74) is 12.5. The summed E-state index contributed by atoms with van der Waals surface area (Å²) in [7, 11) is 1.33. The second kappa shape index (κ2) is 7.38. The van der Waals surface area contributed by atoms with E-state index in [-0.39, 0.29) is 18.9 Å². The van der Waals surface area contributed by atoms with Crippen LogP contribution < -0.4 is 11.5 Å². The predicted molar refractivity (Wildman–Crippen MR) is 72.0 cm³/mol.